The summed E-state index contributed by atoms with van der Waals surface area (Å²) in [5.41, 5.74) is 5.46. The van der Waals surface area contributed by atoms with Crippen LogP contribution >= 0.6 is 12.4 Å². The Morgan fingerprint density at radius 3 is 2.56 bits per heavy atom. The number of hydrogen-bond donors (Lipinski definition) is 2. The third kappa shape index (κ3) is 7.95. The van der Waals surface area contributed by atoms with Crippen molar-refractivity contribution in [3.05, 3.63) is 12.7 Å². The van der Waals surface area contributed by atoms with Crippen molar-refractivity contribution >= 4 is 12.4 Å². The minimum atomic E-state index is 0. The lowest BCUT2D eigenvalue weighted by Crippen LogP contribution is -2.19. The fourth-order valence-corrected chi connectivity index (χ4v) is 0.498. The molecule has 9 heavy (non-hydrogen) atoms. The van der Waals surface area contributed by atoms with Gasteiger partial charge in [-0.2, -0.15) is 0 Å². The van der Waals surface area contributed by atoms with E-state index in [1.54, 1.807) is 6.08 Å². The minimum Gasteiger partial charge on any atom is -0.396 e. The lowest BCUT2D eigenvalue weighted by atomic mass is 10.2. The normalized spacial score (nSPS) is 11.8. The van der Waals surface area contributed by atoms with Gasteiger partial charge >= 0.3 is 0 Å². The molecule has 0 rings (SSSR count). The summed E-state index contributed by atoms with van der Waals surface area (Å²) in [5, 5.41) is 8.35. The number of rotatable bonds is 4. The molecule has 0 aromatic carbocycles. The fourth-order valence-electron chi connectivity index (χ4n) is 0.498. The Morgan fingerprint density at radius 2 is 2.22 bits per heavy atom. The van der Waals surface area contributed by atoms with Crippen LogP contribution in [-0.2, 0) is 0 Å². The predicted octanol–water partition coefficient (Wildman–Crippen LogP) is 0.694. The molecule has 0 aliphatic rings. The molecule has 0 aliphatic carbocycles. The number of nitrogens with two attached hydrogens (primary N) is 1. The van der Waals surface area contributed by atoms with Crippen LogP contribution in [0.15, 0.2) is 12.7 Å². The number of halogens is 1. The lowest BCUT2D eigenvalue weighted by Gasteiger charge is -2.03. The Balaban J connectivity index is 0. The molecule has 0 aliphatic heterocycles. The fraction of sp³-hybridized carbons (Fsp3) is 0.667. The van der Waals surface area contributed by atoms with E-state index < -0.39 is 0 Å². The Labute approximate surface area is 62.2 Å². The van der Waals surface area contributed by atoms with Crippen LogP contribution in [0.25, 0.3) is 0 Å². The number of hydrogen-bond acceptors (Lipinski definition) is 2. The van der Waals surface area contributed by atoms with Crippen LogP contribution in [0.5, 0.6) is 0 Å². The highest BCUT2D eigenvalue weighted by Gasteiger charge is 1.95. The summed E-state index contributed by atoms with van der Waals surface area (Å²) in [6, 6.07) is 0.0949. The molecular weight excluding hydrogens is 138 g/mol. The summed E-state index contributed by atoms with van der Waals surface area (Å²) in [6.07, 6.45) is 3.23. The zero-order valence-corrected chi connectivity index (χ0v) is 6.23. The first-order chi connectivity index (χ1) is 3.81. The van der Waals surface area contributed by atoms with E-state index in [0.29, 0.717) is 6.42 Å². The summed E-state index contributed by atoms with van der Waals surface area (Å²) in [5.74, 6) is 0. The maximum Gasteiger partial charge on any atom is 0.0445 e. The van der Waals surface area contributed by atoms with Gasteiger partial charge in [0, 0.05) is 12.6 Å². The van der Waals surface area contributed by atoms with Crippen molar-refractivity contribution in [2.45, 2.75) is 18.9 Å². The van der Waals surface area contributed by atoms with Gasteiger partial charge in [0.1, 0.15) is 0 Å². The van der Waals surface area contributed by atoms with Crippen LogP contribution in [0.3, 0.4) is 0 Å². The molecule has 1 unspecified atom stereocenters. The largest absolute Gasteiger partial charge is 0.396 e. The molecule has 0 radical (unpaired) electrons. The second kappa shape index (κ2) is 7.95. The molecule has 0 aromatic heterocycles. The molecule has 56 valence electrons. The van der Waals surface area contributed by atoms with Gasteiger partial charge in [-0.1, -0.05) is 6.08 Å². The summed E-state index contributed by atoms with van der Waals surface area (Å²) in [7, 11) is 0. The maximum atomic E-state index is 8.35. The minimum absolute atomic E-state index is 0. The zero-order valence-electron chi connectivity index (χ0n) is 5.42. The Kier molecular flexibility index (Phi) is 10.3. The highest BCUT2D eigenvalue weighted by atomic mass is 35.5. The molecule has 0 aromatic rings. The Morgan fingerprint density at radius 1 is 1.67 bits per heavy atom. The summed E-state index contributed by atoms with van der Waals surface area (Å²) < 4.78 is 0. The van der Waals surface area contributed by atoms with Crippen molar-refractivity contribution in [2.24, 2.45) is 5.73 Å². The first-order valence-electron chi connectivity index (χ1n) is 2.78. The SMILES string of the molecule is C=CCC(N)CCO.Cl. The van der Waals surface area contributed by atoms with E-state index in [9.17, 15) is 0 Å². The van der Waals surface area contributed by atoms with Gasteiger partial charge in [0.25, 0.3) is 0 Å². The monoisotopic (exact) mass is 151 g/mol. The van der Waals surface area contributed by atoms with E-state index in [2.05, 4.69) is 6.58 Å². The third-order valence-corrected chi connectivity index (χ3v) is 0.969. The second-order valence-electron chi connectivity index (χ2n) is 1.80. The van der Waals surface area contributed by atoms with Crippen LogP contribution in [0.4, 0.5) is 0 Å². The predicted molar refractivity (Wildman–Crippen MR) is 41.7 cm³/mol. The first-order valence-corrected chi connectivity index (χ1v) is 2.78. The van der Waals surface area contributed by atoms with Crippen molar-refractivity contribution in [3.63, 3.8) is 0 Å². The second-order valence-corrected chi connectivity index (χ2v) is 1.80. The van der Waals surface area contributed by atoms with Crippen molar-refractivity contribution in [3.8, 4) is 0 Å². The molecule has 0 spiro atoms. The smallest absolute Gasteiger partial charge is 0.0445 e. The first kappa shape index (κ1) is 11.7. The molecule has 0 saturated carbocycles. The van der Waals surface area contributed by atoms with Crippen LogP contribution in [0.1, 0.15) is 12.8 Å². The number of aliphatic hydroxyl groups excluding tert-OH is 1. The molecule has 0 bridgehead atoms. The van der Waals surface area contributed by atoms with Gasteiger partial charge in [0.05, 0.1) is 0 Å². The average molecular weight is 152 g/mol. The van der Waals surface area contributed by atoms with Crippen molar-refractivity contribution in [2.75, 3.05) is 6.61 Å². The van der Waals surface area contributed by atoms with Crippen LogP contribution in [-0.4, -0.2) is 17.8 Å². The average Bonchev–Trinajstić information content (AvgIpc) is 1.68. The van der Waals surface area contributed by atoms with Crippen molar-refractivity contribution in [1.82, 2.24) is 0 Å². The Hall–Kier alpha value is -0.0500. The summed E-state index contributed by atoms with van der Waals surface area (Å²) >= 11 is 0. The van der Waals surface area contributed by atoms with E-state index in [1.165, 1.54) is 0 Å². The molecule has 1 atom stereocenters. The molecular formula is C6H14ClNO. The number of aliphatic hydroxyl groups is 1. The zero-order chi connectivity index (χ0) is 6.41. The van der Waals surface area contributed by atoms with Gasteiger partial charge in [-0.25, -0.2) is 0 Å². The molecule has 3 N–H and O–H groups in total. The van der Waals surface area contributed by atoms with Crippen LogP contribution in [0.2, 0.25) is 0 Å². The van der Waals surface area contributed by atoms with E-state index in [4.69, 9.17) is 10.8 Å². The van der Waals surface area contributed by atoms with E-state index in [1.807, 2.05) is 0 Å². The van der Waals surface area contributed by atoms with Gasteiger partial charge in [-0.3, -0.25) is 0 Å². The topological polar surface area (TPSA) is 46.2 Å². The van der Waals surface area contributed by atoms with Crippen LogP contribution in [0, 0.1) is 0 Å². The Bertz CT molecular complexity index is 68.1. The highest BCUT2D eigenvalue weighted by Crippen LogP contribution is 1.92. The molecule has 3 heteroatoms. The van der Waals surface area contributed by atoms with Crippen molar-refractivity contribution < 1.29 is 5.11 Å². The standard InChI is InChI=1S/C6H13NO.ClH/c1-2-3-6(7)4-5-8;/h2,6,8H,1,3-5,7H2;1H. The quantitative estimate of drug-likeness (QED) is 0.581. The van der Waals surface area contributed by atoms with Crippen LogP contribution < -0.4 is 5.73 Å². The van der Waals surface area contributed by atoms with E-state index in [0.717, 1.165) is 6.42 Å². The summed E-state index contributed by atoms with van der Waals surface area (Å²) in [6.45, 7) is 3.70. The van der Waals surface area contributed by atoms with Gasteiger partial charge in [0.15, 0.2) is 0 Å². The lowest BCUT2D eigenvalue weighted by molar-refractivity contribution is 0.276. The van der Waals surface area contributed by atoms with E-state index >= 15 is 0 Å². The summed E-state index contributed by atoms with van der Waals surface area (Å²) in [4.78, 5) is 0. The maximum absolute atomic E-state index is 8.35. The molecule has 0 heterocycles. The van der Waals surface area contributed by atoms with Gasteiger partial charge < -0.3 is 10.8 Å². The third-order valence-electron chi connectivity index (χ3n) is 0.969. The van der Waals surface area contributed by atoms with Gasteiger partial charge in [0.2, 0.25) is 0 Å². The molecule has 0 fully saturated rings. The molecule has 2 nitrogen and oxygen atoms in total. The van der Waals surface area contributed by atoms with Gasteiger partial charge in [-0.15, -0.1) is 19.0 Å². The van der Waals surface area contributed by atoms with E-state index in [-0.39, 0.29) is 25.1 Å². The molecule has 0 saturated heterocycles. The van der Waals surface area contributed by atoms with Crippen molar-refractivity contribution in [1.29, 1.82) is 0 Å². The highest BCUT2D eigenvalue weighted by molar-refractivity contribution is 5.85. The molecule has 0 amide bonds. The van der Waals surface area contributed by atoms with Gasteiger partial charge in [-0.05, 0) is 12.8 Å².